The lowest BCUT2D eigenvalue weighted by Gasteiger charge is -2.24. The summed E-state index contributed by atoms with van der Waals surface area (Å²) in [7, 11) is 0. The molecule has 0 aromatic heterocycles. The van der Waals surface area contributed by atoms with Gasteiger partial charge < -0.3 is 9.80 Å². The van der Waals surface area contributed by atoms with Crippen molar-refractivity contribution in [1.82, 2.24) is 4.90 Å². The zero-order chi connectivity index (χ0) is 17.3. The standard InChI is InChI=1S/C20H28N2O2/c1-4-10-21(11-5-2)19(23)16-13-17(16)20(24)22-14(3)12-15-8-6-7-9-18(15)22/h6-9,14,16-17H,4-5,10-13H2,1-3H3. The number of nitrogens with zero attached hydrogens (tertiary/aromatic N) is 2. The number of hydrogen-bond donors (Lipinski definition) is 0. The average Bonchev–Trinajstić information content (AvgIpc) is 3.29. The number of carbonyl (C=O) groups excluding carboxylic acids is 2. The van der Waals surface area contributed by atoms with E-state index in [2.05, 4.69) is 26.8 Å². The summed E-state index contributed by atoms with van der Waals surface area (Å²) in [6.45, 7) is 7.88. The number of para-hydroxylation sites is 1. The van der Waals surface area contributed by atoms with E-state index in [1.165, 1.54) is 5.56 Å². The topological polar surface area (TPSA) is 40.6 Å². The first kappa shape index (κ1) is 17.0. The van der Waals surface area contributed by atoms with Crippen molar-refractivity contribution >= 4 is 17.5 Å². The first-order valence-electron chi connectivity index (χ1n) is 9.28. The Morgan fingerprint density at radius 3 is 2.46 bits per heavy atom. The third kappa shape index (κ3) is 3.06. The number of amides is 2. The third-order valence-corrected chi connectivity index (χ3v) is 5.17. The van der Waals surface area contributed by atoms with Gasteiger partial charge in [0.05, 0.1) is 11.8 Å². The van der Waals surface area contributed by atoms with Crippen LogP contribution >= 0.6 is 0 Å². The van der Waals surface area contributed by atoms with Crippen molar-refractivity contribution in [3.63, 3.8) is 0 Å². The van der Waals surface area contributed by atoms with Gasteiger partial charge in [-0.15, -0.1) is 0 Å². The van der Waals surface area contributed by atoms with E-state index in [1.807, 2.05) is 28.0 Å². The van der Waals surface area contributed by atoms with E-state index in [0.29, 0.717) is 6.42 Å². The van der Waals surface area contributed by atoms with Crippen LogP contribution < -0.4 is 4.90 Å². The van der Waals surface area contributed by atoms with Gasteiger partial charge in [0.2, 0.25) is 11.8 Å². The Hall–Kier alpha value is -1.84. The Balaban J connectivity index is 1.69. The highest BCUT2D eigenvalue weighted by molar-refractivity contribution is 6.02. The monoisotopic (exact) mass is 328 g/mol. The van der Waals surface area contributed by atoms with E-state index in [1.54, 1.807) is 0 Å². The highest BCUT2D eigenvalue weighted by Crippen LogP contribution is 2.44. The minimum Gasteiger partial charge on any atom is -0.342 e. The molecule has 3 rings (SSSR count). The maximum atomic E-state index is 13.0. The van der Waals surface area contributed by atoms with Gasteiger partial charge in [0, 0.05) is 24.8 Å². The van der Waals surface area contributed by atoms with Gasteiger partial charge in [-0.3, -0.25) is 9.59 Å². The zero-order valence-electron chi connectivity index (χ0n) is 15.0. The lowest BCUT2D eigenvalue weighted by molar-refractivity contribution is -0.134. The van der Waals surface area contributed by atoms with Crippen molar-refractivity contribution < 1.29 is 9.59 Å². The van der Waals surface area contributed by atoms with Crippen LogP contribution in [0.1, 0.15) is 45.6 Å². The fourth-order valence-corrected chi connectivity index (χ4v) is 3.93. The van der Waals surface area contributed by atoms with Crippen LogP contribution in [-0.2, 0) is 16.0 Å². The second kappa shape index (κ2) is 6.96. The van der Waals surface area contributed by atoms with Gasteiger partial charge in [-0.25, -0.2) is 0 Å². The number of hydrogen-bond acceptors (Lipinski definition) is 2. The lowest BCUT2D eigenvalue weighted by Crippen LogP contribution is -2.39. The molecule has 1 fully saturated rings. The molecule has 0 N–H and O–H groups in total. The number of benzene rings is 1. The molecule has 3 atom stereocenters. The summed E-state index contributed by atoms with van der Waals surface area (Å²) in [5, 5.41) is 0. The molecule has 4 heteroatoms. The summed E-state index contributed by atoms with van der Waals surface area (Å²) in [5.41, 5.74) is 2.27. The van der Waals surface area contributed by atoms with Crippen molar-refractivity contribution in [2.45, 2.75) is 52.5 Å². The maximum absolute atomic E-state index is 13.0. The number of fused-ring (bicyclic) bond motifs is 1. The molecular formula is C20H28N2O2. The van der Waals surface area contributed by atoms with Crippen LogP contribution in [0.4, 0.5) is 5.69 Å². The minimum atomic E-state index is -0.123. The van der Waals surface area contributed by atoms with Crippen LogP contribution in [0.15, 0.2) is 24.3 Å². The predicted molar refractivity (Wildman–Crippen MR) is 95.9 cm³/mol. The number of rotatable bonds is 6. The van der Waals surface area contributed by atoms with Crippen molar-refractivity contribution in [1.29, 1.82) is 0 Å². The van der Waals surface area contributed by atoms with Crippen molar-refractivity contribution in [2.75, 3.05) is 18.0 Å². The molecule has 130 valence electrons. The van der Waals surface area contributed by atoms with Gasteiger partial charge in [-0.2, -0.15) is 0 Å². The largest absolute Gasteiger partial charge is 0.342 e. The zero-order valence-corrected chi connectivity index (χ0v) is 15.0. The summed E-state index contributed by atoms with van der Waals surface area (Å²) < 4.78 is 0. The molecular weight excluding hydrogens is 300 g/mol. The van der Waals surface area contributed by atoms with E-state index < -0.39 is 0 Å². The molecule has 1 aliphatic carbocycles. The molecule has 2 amide bonds. The SMILES string of the molecule is CCCN(CCC)C(=O)C1CC1C(=O)N1c2ccccc2CC1C. The van der Waals surface area contributed by atoms with Crippen LogP contribution in [0, 0.1) is 11.8 Å². The Labute approximate surface area is 144 Å². The molecule has 1 aromatic rings. The molecule has 3 unspecified atom stereocenters. The second-order valence-electron chi connectivity index (χ2n) is 7.16. The molecule has 0 radical (unpaired) electrons. The predicted octanol–water partition coefficient (Wildman–Crippen LogP) is 3.25. The smallest absolute Gasteiger partial charge is 0.231 e. The summed E-state index contributed by atoms with van der Waals surface area (Å²) in [4.78, 5) is 29.6. The molecule has 1 heterocycles. The van der Waals surface area contributed by atoms with Gasteiger partial charge in [-0.05, 0) is 44.2 Å². The molecule has 1 aromatic carbocycles. The molecule has 0 bridgehead atoms. The molecule has 1 aliphatic heterocycles. The minimum absolute atomic E-state index is 0.101. The van der Waals surface area contributed by atoms with Crippen molar-refractivity contribution in [2.24, 2.45) is 11.8 Å². The average molecular weight is 328 g/mol. The maximum Gasteiger partial charge on any atom is 0.231 e. The van der Waals surface area contributed by atoms with Gasteiger partial charge in [0.1, 0.15) is 0 Å². The van der Waals surface area contributed by atoms with Crippen LogP contribution in [0.2, 0.25) is 0 Å². The van der Waals surface area contributed by atoms with Crippen LogP contribution in [0.3, 0.4) is 0 Å². The van der Waals surface area contributed by atoms with E-state index in [-0.39, 0.29) is 29.7 Å². The Bertz CT molecular complexity index is 622. The number of carbonyl (C=O) groups is 2. The molecule has 1 saturated carbocycles. The van der Waals surface area contributed by atoms with Gasteiger partial charge in [0.25, 0.3) is 0 Å². The van der Waals surface area contributed by atoms with Gasteiger partial charge in [0.15, 0.2) is 0 Å². The summed E-state index contributed by atoms with van der Waals surface area (Å²) in [6, 6.07) is 8.32. The summed E-state index contributed by atoms with van der Waals surface area (Å²) in [5.74, 6) is 0.0915. The van der Waals surface area contributed by atoms with Gasteiger partial charge in [-0.1, -0.05) is 32.0 Å². The van der Waals surface area contributed by atoms with E-state index in [0.717, 1.165) is 38.0 Å². The Morgan fingerprint density at radius 1 is 1.12 bits per heavy atom. The Kier molecular flexibility index (Phi) is 4.93. The van der Waals surface area contributed by atoms with E-state index in [9.17, 15) is 9.59 Å². The quantitative estimate of drug-likeness (QED) is 0.804. The molecule has 0 spiro atoms. The highest BCUT2D eigenvalue weighted by Gasteiger charge is 2.52. The van der Waals surface area contributed by atoms with E-state index >= 15 is 0 Å². The van der Waals surface area contributed by atoms with Crippen LogP contribution in [-0.4, -0.2) is 35.8 Å². The first-order chi connectivity index (χ1) is 11.6. The molecule has 24 heavy (non-hydrogen) atoms. The summed E-state index contributed by atoms with van der Waals surface area (Å²) in [6.07, 6.45) is 3.55. The second-order valence-corrected chi connectivity index (χ2v) is 7.16. The Morgan fingerprint density at radius 2 is 1.79 bits per heavy atom. The van der Waals surface area contributed by atoms with Gasteiger partial charge >= 0.3 is 0 Å². The molecule has 0 saturated heterocycles. The number of anilines is 1. The summed E-state index contributed by atoms with van der Waals surface area (Å²) >= 11 is 0. The first-order valence-corrected chi connectivity index (χ1v) is 9.28. The molecule has 2 aliphatic rings. The normalized spacial score (nSPS) is 24.6. The van der Waals surface area contributed by atoms with E-state index in [4.69, 9.17) is 0 Å². The van der Waals surface area contributed by atoms with Crippen LogP contribution in [0.5, 0.6) is 0 Å². The third-order valence-electron chi connectivity index (χ3n) is 5.17. The molecule has 4 nitrogen and oxygen atoms in total. The van der Waals surface area contributed by atoms with Crippen molar-refractivity contribution in [3.05, 3.63) is 29.8 Å². The van der Waals surface area contributed by atoms with Crippen molar-refractivity contribution in [3.8, 4) is 0 Å². The highest BCUT2D eigenvalue weighted by atomic mass is 16.2. The van der Waals surface area contributed by atoms with Crippen LogP contribution in [0.25, 0.3) is 0 Å². The lowest BCUT2D eigenvalue weighted by atomic mass is 10.1. The fraction of sp³-hybridized carbons (Fsp3) is 0.600. The fourth-order valence-electron chi connectivity index (χ4n) is 3.93.